The Morgan fingerprint density at radius 2 is 1.74 bits per heavy atom. The van der Waals surface area contributed by atoms with Crippen LogP contribution in [-0.4, -0.2) is 50.6 Å². The lowest BCUT2D eigenvalue weighted by atomic mass is 10.2. The summed E-state index contributed by atoms with van der Waals surface area (Å²) in [5.74, 6) is 0.915. The van der Waals surface area contributed by atoms with Crippen LogP contribution in [0.5, 0.6) is 11.5 Å². The summed E-state index contributed by atoms with van der Waals surface area (Å²) in [6.45, 7) is 2.81. The van der Waals surface area contributed by atoms with Gasteiger partial charge in [0.05, 0.1) is 5.02 Å². The first-order valence-corrected chi connectivity index (χ1v) is 10.3. The average Bonchev–Trinajstić information content (AvgIpc) is 3.09. The van der Waals surface area contributed by atoms with Crippen LogP contribution in [0, 0.1) is 5.82 Å². The van der Waals surface area contributed by atoms with Gasteiger partial charge in [-0.2, -0.15) is 4.31 Å². The van der Waals surface area contributed by atoms with Gasteiger partial charge in [-0.05, 0) is 35.9 Å². The highest BCUT2D eigenvalue weighted by atomic mass is 35.5. The second kappa shape index (κ2) is 7.27. The standard InChI is InChI=1S/C18H18ClFN2O4S/c19-15-10-14(20)2-4-18(15)27(23,24)22-7-5-21(6-8-22)11-13-1-3-16-17(9-13)26-12-25-16/h1-4,9-10H,5-8,11-12H2. The zero-order valence-corrected chi connectivity index (χ0v) is 16.0. The van der Waals surface area contributed by atoms with Crippen molar-refractivity contribution in [1.29, 1.82) is 0 Å². The smallest absolute Gasteiger partial charge is 0.244 e. The number of ether oxygens (including phenoxy) is 2. The van der Waals surface area contributed by atoms with Gasteiger partial charge >= 0.3 is 0 Å². The molecule has 6 nitrogen and oxygen atoms in total. The maximum Gasteiger partial charge on any atom is 0.244 e. The Bertz CT molecular complexity index is 962. The van der Waals surface area contributed by atoms with Crippen molar-refractivity contribution in [1.82, 2.24) is 9.21 Å². The molecule has 27 heavy (non-hydrogen) atoms. The van der Waals surface area contributed by atoms with Gasteiger partial charge in [-0.25, -0.2) is 12.8 Å². The summed E-state index contributed by atoms with van der Waals surface area (Å²) in [5, 5.41) is -0.0993. The van der Waals surface area contributed by atoms with Crippen LogP contribution in [0.25, 0.3) is 0 Å². The van der Waals surface area contributed by atoms with E-state index in [1.54, 1.807) is 0 Å². The SMILES string of the molecule is O=S(=O)(c1ccc(F)cc1Cl)N1CCN(Cc2ccc3c(c2)OCO3)CC1. The van der Waals surface area contributed by atoms with Gasteiger partial charge in [-0.15, -0.1) is 0 Å². The maximum absolute atomic E-state index is 13.2. The van der Waals surface area contributed by atoms with Crippen molar-refractivity contribution in [2.24, 2.45) is 0 Å². The quantitative estimate of drug-likeness (QED) is 0.772. The van der Waals surface area contributed by atoms with Crippen LogP contribution < -0.4 is 9.47 Å². The number of hydrogen-bond donors (Lipinski definition) is 0. The highest BCUT2D eigenvalue weighted by Gasteiger charge is 2.30. The lowest BCUT2D eigenvalue weighted by Gasteiger charge is -2.34. The van der Waals surface area contributed by atoms with Crippen molar-refractivity contribution in [3.63, 3.8) is 0 Å². The molecule has 2 aromatic rings. The summed E-state index contributed by atoms with van der Waals surface area (Å²) in [6, 6.07) is 9.15. The molecule has 0 amide bonds. The van der Waals surface area contributed by atoms with E-state index in [0.717, 1.165) is 29.2 Å². The van der Waals surface area contributed by atoms with Gasteiger partial charge in [0.1, 0.15) is 10.7 Å². The summed E-state index contributed by atoms with van der Waals surface area (Å²) in [6.07, 6.45) is 0. The highest BCUT2D eigenvalue weighted by Crippen LogP contribution is 2.33. The molecular formula is C18H18ClFN2O4S. The first-order valence-electron chi connectivity index (χ1n) is 8.49. The third kappa shape index (κ3) is 3.75. The van der Waals surface area contributed by atoms with Gasteiger partial charge in [0.25, 0.3) is 0 Å². The second-order valence-corrected chi connectivity index (χ2v) is 8.76. The fourth-order valence-corrected chi connectivity index (χ4v) is 5.18. The first kappa shape index (κ1) is 18.5. The molecule has 2 heterocycles. The number of sulfonamides is 1. The van der Waals surface area contributed by atoms with Gasteiger partial charge in [-0.3, -0.25) is 4.90 Å². The van der Waals surface area contributed by atoms with Crippen LogP contribution in [0.2, 0.25) is 5.02 Å². The van der Waals surface area contributed by atoms with E-state index >= 15 is 0 Å². The lowest BCUT2D eigenvalue weighted by Crippen LogP contribution is -2.48. The van der Waals surface area contributed by atoms with E-state index in [-0.39, 0.29) is 16.7 Å². The average molecular weight is 413 g/mol. The Morgan fingerprint density at radius 3 is 2.48 bits per heavy atom. The number of halogens is 2. The molecule has 0 spiro atoms. The fourth-order valence-electron chi connectivity index (χ4n) is 3.25. The number of benzene rings is 2. The van der Waals surface area contributed by atoms with E-state index in [0.29, 0.717) is 32.7 Å². The molecule has 0 atom stereocenters. The molecule has 2 aliphatic rings. The molecule has 0 aliphatic carbocycles. The molecular weight excluding hydrogens is 395 g/mol. The molecule has 4 rings (SSSR count). The number of nitrogens with zero attached hydrogens (tertiary/aromatic N) is 2. The van der Waals surface area contributed by atoms with Gasteiger partial charge < -0.3 is 9.47 Å². The molecule has 1 saturated heterocycles. The maximum atomic E-state index is 13.2. The zero-order valence-electron chi connectivity index (χ0n) is 14.4. The van der Waals surface area contributed by atoms with Crippen LogP contribution in [0.15, 0.2) is 41.3 Å². The highest BCUT2D eigenvalue weighted by molar-refractivity contribution is 7.89. The minimum Gasteiger partial charge on any atom is -0.454 e. The molecule has 0 N–H and O–H groups in total. The van der Waals surface area contributed by atoms with Crippen molar-refractivity contribution in [3.8, 4) is 11.5 Å². The summed E-state index contributed by atoms with van der Waals surface area (Å²) >= 11 is 5.94. The minimum atomic E-state index is -3.74. The number of fused-ring (bicyclic) bond motifs is 1. The van der Waals surface area contributed by atoms with Crippen molar-refractivity contribution < 1.29 is 22.3 Å². The normalized spacial score (nSPS) is 18.0. The summed E-state index contributed by atoms with van der Waals surface area (Å²) in [4.78, 5) is 2.12. The third-order valence-electron chi connectivity index (χ3n) is 4.69. The van der Waals surface area contributed by atoms with Crippen molar-refractivity contribution >= 4 is 21.6 Å². The Hall–Kier alpha value is -1.87. The summed E-state index contributed by atoms with van der Waals surface area (Å²) < 4.78 is 50.9. The van der Waals surface area contributed by atoms with Gasteiger partial charge in [0.2, 0.25) is 16.8 Å². The van der Waals surface area contributed by atoms with Crippen LogP contribution in [0.3, 0.4) is 0 Å². The Kier molecular flexibility index (Phi) is 4.98. The summed E-state index contributed by atoms with van der Waals surface area (Å²) in [5.41, 5.74) is 1.08. The predicted molar refractivity (Wildman–Crippen MR) is 98.0 cm³/mol. The van der Waals surface area contributed by atoms with Crippen LogP contribution in [0.4, 0.5) is 4.39 Å². The first-order chi connectivity index (χ1) is 12.9. The number of rotatable bonds is 4. The van der Waals surface area contributed by atoms with Crippen LogP contribution in [0.1, 0.15) is 5.56 Å². The van der Waals surface area contributed by atoms with Gasteiger partial charge in [-0.1, -0.05) is 17.7 Å². The summed E-state index contributed by atoms with van der Waals surface area (Å²) in [7, 11) is -3.74. The number of hydrogen-bond acceptors (Lipinski definition) is 5. The molecule has 2 aromatic carbocycles. The fraction of sp³-hybridized carbons (Fsp3) is 0.333. The Labute approximate surface area is 162 Å². The topological polar surface area (TPSA) is 59.1 Å². The van der Waals surface area contributed by atoms with Crippen LogP contribution in [-0.2, 0) is 16.6 Å². The zero-order chi connectivity index (χ0) is 19.0. The monoisotopic (exact) mass is 412 g/mol. The molecule has 0 radical (unpaired) electrons. The minimum absolute atomic E-state index is 0.0604. The Morgan fingerprint density at radius 1 is 1.00 bits per heavy atom. The van der Waals surface area contributed by atoms with E-state index in [1.807, 2.05) is 18.2 Å². The second-order valence-electron chi connectivity index (χ2n) is 6.44. The van der Waals surface area contributed by atoms with Crippen LogP contribution >= 0.6 is 11.6 Å². The predicted octanol–water partition coefficient (Wildman–Crippen LogP) is 2.71. The van der Waals surface area contributed by atoms with Gasteiger partial charge in [0.15, 0.2) is 11.5 Å². The molecule has 2 aliphatic heterocycles. The van der Waals surface area contributed by atoms with E-state index in [4.69, 9.17) is 21.1 Å². The van der Waals surface area contributed by atoms with E-state index in [1.165, 1.54) is 10.4 Å². The largest absolute Gasteiger partial charge is 0.454 e. The third-order valence-corrected chi connectivity index (χ3v) is 7.07. The lowest BCUT2D eigenvalue weighted by molar-refractivity contribution is 0.173. The molecule has 9 heteroatoms. The molecule has 0 unspecified atom stereocenters. The molecule has 144 valence electrons. The molecule has 0 saturated carbocycles. The van der Waals surface area contributed by atoms with E-state index < -0.39 is 15.8 Å². The molecule has 0 bridgehead atoms. The van der Waals surface area contributed by atoms with Crippen molar-refractivity contribution in [2.45, 2.75) is 11.4 Å². The molecule has 1 fully saturated rings. The van der Waals surface area contributed by atoms with E-state index in [9.17, 15) is 12.8 Å². The van der Waals surface area contributed by atoms with E-state index in [2.05, 4.69) is 4.90 Å². The molecule has 0 aromatic heterocycles. The van der Waals surface area contributed by atoms with Crippen molar-refractivity contribution in [3.05, 3.63) is 52.8 Å². The van der Waals surface area contributed by atoms with Gasteiger partial charge in [0, 0.05) is 32.7 Å². The number of piperazine rings is 1. The van der Waals surface area contributed by atoms with Crippen molar-refractivity contribution in [2.75, 3.05) is 33.0 Å². The Balaban J connectivity index is 1.41.